The Labute approximate surface area is 160 Å². The number of hydrogen-bond acceptors (Lipinski definition) is 3. The Hall–Kier alpha value is -1.88. The summed E-state index contributed by atoms with van der Waals surface area (Å²) in [5.41, 5.74) is 0.619. The summed E-state index contributed by atoms with van der Waals surface area (Å²) in [6.45, 7) is 1.83. The van der Waals surface area contributed by atoms with E-state index >= 15 is 0 Å². The van der Waals surface area contributed by atoms with Crippen molar-refractivity contribution >= 4 is 11.9 Å². The first-order chi connectivity index (χ1) is 13.1. The number of carbonyl (C=O) groups is 2. The highest BCUT2D eigenvalue weighted by molar-refractivity contribution is 5.81. The molecule has 146 valence electrons. The summed E-state index contributed by atoms with van der Waals surface area (Å²) in [4.78, 5) is 26.6. The number of rotatable bonds is 4. The highest BCUT2D eigenvalue weighted by atomic mass is 16.5. The summed E-state index contributed by atoms with van der Waals surface area (Å²) >= 11 is 0. The van der Waals surface area contributed by atoms with E-state index in [4.69, 9.17) is 4.74 Å². The van der Waals surface area contributed by atoms with Crippen LogP contribution >= 0.6 is 0 Å². The lowest BCUT2D eigenvalue weighted by atomic mass is 9.74. The quantitative estimate of drug-likeness (QED) is 0.882. The predicted octanol–water partition coefficient (Wildman–Crippen LogP) is 3.30. The molecule has 1 N–H and O–H groups in total. The molecule has 2 atom stereocenters. The third-order valence-corrected chi connectivity index (χ3v) is 7.07. The molecule has 0 bridgehead atoms. The molecule has 27 heavy (non-hydrogen) atoms. The van der Waals surface area contributed by atoms with Gasteiger partial charge in [-0.3, -0.25) is 9.59 Å². The number of carbonyl (C=O) groups excluding carboxylic acids is 1. The van der Waals surface area contributed by atoms with Crippen molar-refractivity contribution in [2.45, 2.75) is 44.4 Å². The van der Waals surface area contributed by atoms with Gasteiger partial charge in [0.1, 0.15) is 0 Å². The number of amides is 1. The molecule has 1 saturated carbocycles. The van der Waals surface area contributed by atoms with E-state index in [0.717, 1.165) is 25.7 Å². The van der Waals surface area contributed by atoms with E-state index < -0.39 is 11.4 Å². The molecule has 0 aromatic heterocycles. The maximum atomic E-state index is 12.9. The summed E-state index contributed by atoms with van der Waals surface area (Å²) in [6.07, 6.45) is 5.50. The Bertz CT molecular complexity index is 683. The lowest BCUT2D eigenvalue weighted by Gasteiger charge is -2.34. The second kappa shape index (κ2) is 7.63. The molecule has 2 aliphatic heterocycles. The first-order valence-corrected chi connectivity index (χ1v) is 10.2. The Morgan fingerprint density at radius 1 is 1.15 bits per heavy atom. The normalized spacial score (nSPS) is 33.5. The van der Waals surface area contributed by atoms with Crippen LogP contribution in [0.5, 0.6) is 0 Å². The maximum Gasteiger partial charge on any atom is 0.311 e. The van der Waals surface area contributed by atoms with Crippen molar-refractivity contribution in [3.8, 4) is 0 Å². The predicted molar refractivity (Wildman–Crippen MR) is 101 cm³/mol. The molecule has 3 fully saturated rings. The Morgan fingerprint density at radius 3 is 2.56 bits per heavy atom. The fourth-order valence-electron chi connectivity index (χ4n) is 5.29. The van der Waals surface area contributed by atoms with Gasteiger partial charge < -0.3 is 14.7 Å². The van der Waals surface area contributed by atoms with Crippen LogP contribution in [0.1, 0.15) is 50.0 Å². The standard InChI is InChI=1S/C22H29NO4/c24-20(23-13-19-14-27-11-10-22(19,15-23)21(25)26)12-16-6-8-18(9-7-16)17-4-2-1-3-5-17/h1-5,16,18-19H,6-15H2,(H,25,26)/t16?,18?,19-,22+/m0/s1. The summed E-state index contributed by atoms with van der Waals surface area (Å²) in [5, 5.41) is 9.76. The van der Waals surface area contributed by atoms with Gasteiger partial charge in [0.2, 0.25) is 5.91 Å². The van der Waals surface area contributed by atoms with Crippen LogP contribution in [-0.4, -0.2) is 48.2 Å². The fourth-order valence-corrected chi connectivity index (χ4v) is 5.29. The van der Waals surface area contributed by atoms with Gasteiger partial charge in [0, 0.05) is 32.0 Å². The topological polar surface area (TPSA) is 66.8 Å². The van der Waals surface area contributed by atoms with E-state index in [1.807, 2.05) is 0 Å². The third-order valence-electron chi connectivity index (χ3n) is 7.07. The van der Waals surface area contributed by atoms with Gasteiger partial charge in [0.25, 0.3) is 0 Å². The van der Waals surface area contributed by atoms with Crippen LogP contribution in [0.15, 0.2) is 30.3 Å². The molecular formula is C22H29NO4. The molecular weight excluding hydrogens is 342 g/mol. The van der Waals surface area contributed by atoms with Crippen LogP contribution < -0.4 is 0 Å². The van der Waals surface area contributed by atoms with Crippen molar-refractivity contribution in [2.24, 2.45) is 17.3 Å². The fraction of sp³-hybridized carbons (Fsp3) is 0.636. The van der Waals surface area contributed by atoms with Crippen LogP contribution in [0.25, 0.3) is 0 Å². The van der Waals surface area contributed by atoms with Gasteiger partial charge in [-0.15, -0.1) is 0 Å². The first kappa shape index (κ1) is 18.5. The number of ether oxygens (including phenoxy) is 1. The van der Waals surface area contributed by atoms with Crippen LogP contribution in [0, 0.1) is 17.3 Å². The summed E-state index contributed by atoms with van der Waals surface area (Å²) in [6, 6.07) is 10.7. The number of hydrogen-bond donors (Lipinski definition) is 1. The smallest absolute Gasteiger partial charge is 0.311 e. The molecule has 4 rings (SSSR count). The lowest BCUT2D eigenvalue weighted by Crippen LogP contribution is -2.45. The van der Waals surface area contributed by atoms with Gasteiger partial charge >= 0.3 is 5.97 Å². The van der Waals surface area contributed by atoms with Crippen molar-refractivity contribution < 1.29 is 19.4 Å². The number of aliphatic carboxylic acids is 1. The van der Waals surface area contributed by atoms with Crippen LogP contribution in [0.4, 0.5) is 0 Å². The van der Waals surface area contributed by atoms with Crippen molar-refractivity contribution in [1.29, 1.82) is 0 Å². The minimum absolute atomic E-state index is 0.0680. The number of likely N-dealkylation sites (tertiary alicyclic amines) is 1. The molecule has 1 aliphatic carbocycles. The lowest BCUT2D eigenvalue weighted by molar-refractivity contribution is -0.157. The van der Waals surface area contributed by atoms with Gasteiger partial charge in [0.05, 0.1) is 12.0 Å². The monoisotopic (exact) mass is 371 g/mol. The van der Waals surface area contributed by atoms with E-state index in [-0.39, 0.29) is 11.8 Å². The van der Waals surface area contributed by atoms with E-state index in [1.165, 1.54) is 5.56 Å². The van der Waals surface area contributed by atoms with E-state index in [0.29, 0.717) is 51.0 Å². The molecule has 2 saturated heterocycles. The van der Waals surface area contributed by atoms with Gasteiger partial charge in [0.15, 0.2) is 0 Å². The summed E-state index contributed by atoms with van der Waals surface area (Å²) in [7, 11) is 0. The van der Waals surface area contributed by atoms with Crippen molar-refractivity contribution in [3.05, 3.63) is 35.9 Å². The van der Waals surface area contributed by atoms with Crippen LogP contribution in [-0.2, 0) is 14.3 Å². The summed E-state index contributed by atoms with van der Waals surface area (Å²) in [5.74, 6) is 0.334. The Morgan fingerprint density at radius 2 is 1.89 bits per heavy atom. The second-order valence-electron chi connectivity index (χ2n) is 8.59. The van der Waals surface area contributed by atoms with Crippen LogP contribution in [0.2, 0.25) is 0 Å². The van der Waals surface area contributed by atoms with E-state index in [9.17, 15) is 14.7 Å². The first-order valence-electron chi connectivity index (χ1n) is 10.2. The molecule has 5 nitrogen and oxygen atoms in total. The molecule has 1 aromatic carbocycles. The number of carboxylic acids is 1. The molecule has 2 heterocycles. The SMILES string of the molecule is O=C(CC1CCC(c2ccccc2)CC1)N1C[C@H]2COCC[C@@]2(C(=O)O)C1. The highest BCUT2D eigenvalue weighted by Crippen LogP contribution is 2.43. The average Bonchev–Trinajstić information content (AvgIpc) is 3.11. The maximum absolute atomic E-state index is 12.9. The molecule has 0 spiro atoms. The molecule has 0 unspecified atom stereocenters. The minimum Gasteiger partial charge on any atom is -0.481 e. The molecule has 3 aliphatic rings. The van der Waals surface area contributed by atoms with Gasteiger partial charge in [-0.1, -0.05) is 30.3 Å². The van der Waals surface area contributed by atoms with Crippen molar-refractivity contribution in [2.75, 3.05) is 26.3 Å². The van der Waals surface area contributed by atoms with Crippen molar-refractivity contribution in [3.63, 3.8) is 0 Å². The van der Waals surface area contributed by atoms with Gasteiger partial charge in [-0.2, -0.15) is 0 Å². The zero-order valence-electron chi connectivity index (χ0n) is 15.8. The van der Waals surface area contributed by atoms with E-state index in [1.54, 1.807) is 4.90 Å². The number of nitrogens with zero attached hydrogens (tertiary/aromatic N) is 1. The van der Waals surface area contributed by atoms with Gasteiger partial charge in [-0.05, 0) is 49.5 Å². The minimum atomic E-state index is -0.793. The molecule has 1 amide bonds. The number of benzene rings is 1. The summed E-state index contributed by atoms with van der Waals surface area (Å²) < 4.78 is 5.49. The zero-order valence-corrected chi connectivity index (χ0v) is 15.8. The third kappa shape index (κ3) is 3.62. The van der Waals surface area contributed by atoms with E-state index in [2.05, 4.69) is 30.3 Å². The Kier molecular flexibility index (Phi) is 5.22. The van der Waals surface area contributed by atoms with Gasteiger partial charge in [-0.25, -0.2) is 0 Å². The number of carboxylic acid groups (broad SMARTS) is 1. The molecule has 0 radical (unpaired) electrons. The number of fused-ring (bicyclic) bond motifs is 1. The molecule has 5 heteroatoms. The largest absolute Gasteiger partial charge is 0.481 e. The average molecular weight is 371 g/mol. The van der Waals surface area contributed by atoms with Crippen LogP contribution in [0.3, 0.4) is 0 Å². The highest BCUT2D eigenvalue weighted by Gasteiger charge is 2.54. The molecule has 1 aromatic rings. The zero-order chi connectivity index (χ0) is 18.9. The van der Waals surface area contributed by atoms with Crippen molar-refractivity contribution in [1.82, 2.24) is 4.90 Å². The second-order valence-corrected chi connectivity index (χ2v) is 8.59. The Balaban J connectivity index is 1.32.